The van der Waals surface area contributed by atoms with E-state index in [9.17, 15) is 10.1 Å². The number of anilines is 1. The first-order valence-electron chi connectivity index (χ1n) is 12.9. The van der Waals surface area contributed by atoms with Gasteiger partial charge in [-0.2, -0.15) is 10.4 Å². The molecule has 196 valence electrons. The molecule has 2 aromatic carbocycles. The van der Waals surface area contributed by atoms with Crippen molar-refractivity contribution in [2.24, 2.45) is 5.92 Å². The molecule has 3 heterocycles. The highest BCUT2D eigenvalue weighted by Crippen LogP contribution is 2.35. The van der Waals surface area contributed by atoms with Gasteiger partial charge >= 0.3 is 0 Å². The molecule has 1 saturated heterocycles. The monoisotopic (exact) mass is 523 g/mol. The number of para-hydroxylation sites is 1. The molecule has 0 spiro atoms. The van der Waals surface area contributed by atoms with Gasteiger partial charge in [-0.15, -0.1) is 0 Å². The Morgan fingerprint density at radius 2 is 2.00 bits per heavy atom. The van der Waals surface area contributed by atoms with Gasteiger partial charge in [0.15, 0.2) is 17.2 Å². The van der Waals surface area contributed by atoms with Crippen LogP contribution in [0.4, 0.5) is 10.2 Å². The molecule has 2 aliphatic rings. The van der Waals surface area contributed by atoms with E-state index < -0.39 is 5.82 Å². The van der Waals surface area contributed by atoms with Gasteiger partial charge < -0.3 is 15.4 Å². The number of nitrogens with zero attached hydrogens (tertiary/aromatic N) is 6. The number of nitrogen functional groups attached to an aromatic ring is 1. The van der Waals surface area contributed by atoms with Crippen molar-refractivity contribution < 1.29 is 13.9 Å². The van der Waals surface area contributed by atoms with E-state index >= 15 is 4.39 Å². The summed E-state index contributed by atoms with van der Waals surface area (Å²) < 4.78 is 22.5. The number of halogens is 1. The minimum absolute atomic E-state index is 0.0885. The van der Waals surface area contributed by atoms with Gasteiger partial charge in [0.1, 0.15) is 35.2 Å². The van der Waals surface area contributed by atoms with Crippen molar-refractivity contribution in [3.63, 3.8) is 0 Å². The van der Waals surface area contributed by atoms with Gasteiger partial charge in [0.05, 0.1) is 18.0 Å². The summed E-state index contributed by atoms with van der Waals surface area (Å²) in [6, 6.07) is 15.5. The molecule has 0 radical (unpaired) electrons. The topological polar surface area (TPSA) is 123 Å². The highest BCUT2D eigenvalue weighted by molar-refractivity contribution is 5.99. The molecule has 1 atom stereocenters. The van der Waals surface area contributed by atoms with E-state index in [2.05, 4.69) is 16.0 Å². The predicted molar refractivity (Wildman–Crippen MR) is 143 cm³/mol. The Morgan fingerprint density at radius 1 is 1.18 bits per heavy atom. The fourth-order valence-corrected chi connectivity index (χ4v) is 5.01. The first-order chi connectivity index (χ1) is 19.0. The summed E-state index contributed by atoms with van der Waals surface area (Å²) in [5.74, 6) is 0.378. The van der Waals surface area contributed by atoms with E-state index in [1.165, 1.54) is 12.4 Å². The Labute approximate surface area is 224 Å². The van der Waals surface area contributed by atoms with Crippen molar-refractivity contribution in [2.45, 2.75) is 38.3 Å². The van der Waals surface area contributed by atoms with Gasteiger partial charge in [-0.25, -0.2) is 19.0 Å². The normalized spacial score (nSPS) is 17.4. The van der Waals surface area contributed by atoms with Crippen LogP contribution in [0.25, 0.3) is 22.3 Å². The minimum Gasteiger partial charge on any atom is -0.454 e. The third kappa shape index (κ3) is 4.91. The van der Waals surface area contributed by atoms with Crippen molar-refractivity contribution >= 4 is 22.8 Å². The lowest BCUT2D eigenvalue weighted by Crippen LogP contribution is -2.39. The summed E-state index contributed by atoms with van der Waals surface area (Å²) in [6.45, 7) is 0.934. The third-order valence-corrected chi connectivity index (χ3v) is 7.13. The van der Waals surface area contributed by atoms with Crippen LogP contribution >= 0.6 is 0 Å². The Hall–Kier alpha value is -4.78. The average Bonchev–Trinajstić information content (AvgIpc) is 3.52. The van der Waals surface area contributed by atoms with Crippen molar-refractivity contribution in [3.05, 3.63) is 72.3 Å². The first kappa shape index (κ1) is 24.6. The molecule has 1 amide bonds. The number of nitriles is 1. The fourth-order valence-electron chi connectivity index (χ4n) is 5.01. The molecular formula is C29H26FN7O2. The molecule has 0 unspecified atom stereocenters. The number of hydrogen-bond acceptors (Lipinski definition) is 7. The van der Waals surface area contributed by atoms with E-state index in [1.807, 2.05) is 18.2 Å². The highest BCUT2D eigenvalue weighted by atomic mass is 19.1. The van der Waals surface area contributed by atoms with Crippen LogP contribution in [0.1, 0.15) is 25.7 Å². The van der Waals surface area contributed by atoms with E-state index in [0.29, 0.717) is 47.0 Å². The number of carbonyl (C=O) groups is 1. The van der Waals surface area contributed by atoms with Crippen LogP contribution in [-0.4, -0.2) is 43.1 Å². The quantitative estimate of drug-likeness (QED) is 0.271. The predicted octanol–water partition coefficient (Wildman–Crippen LogP) is 4.86. The molecule has 10 heteroatoms. The largest absolute Gasteiger partial charge is 0.454 e. The Morgan fingerprint density at radius 3 is 2.74 bits per heavy atom. The van der Waals surface area contributed by atoms with Crippen LogP contribution in [0, 0.1) is 23.1 Å². The Bertz CT molecular complexity index is 1620. The minimum atomic E-state index is -0.548. The second-order valence-electron chi connectivity index (χ2n) is 9.87. The highest BCUT2D eigenvalue weighted by Gasteiger charge is 2.33. The lowest BCUT2D eigenvalue weighted by molar-refractivity contribution is -0.127. The molecule has 2 aromatic heterocycles. The van der Waals surface area contributed by atoms with Crippen molar-refractivity contribution in [1.82, 2.24) is 24.6 Å². The molecular weight excluding hydrogens is 497 g/mol. The molecule has 2 fully saturated rings. The summed E-state index contributed by atoms with van der Waals surface area (Å²) in [6.07, 6.45) is 6.80. The summed E-state index contributed by atoms with van der Waals surface area (Å²) in [4.78, 5) is 23.5. The van der Waals surface area contributed by atoms with Crippen LogP contribution in [0.15, 0.2) is 66.5 Å². The maximum absolute atomic E-state index is 15.1. The first-order valence-corrected chi connectivity index (χ1v) is 12.9. The molecule has 1 aliphatic carbocycles. The number of aromatic nitrogens is 4. The van der Waals surface area contributed by atoms with Gasteiger partial charge in [-0.1, -0.05) is 24.3 Å². The molecule has 0 bridgehead atoms. The molecule has 6 rings (SSSR count). The van der Waals surface area contributed by atoms with Gasteiger partial charge in [-0.3, -0.25) is 4.79 Å². The molecule has 9 nitrogen and oxygen atoms in total. The number of carbonyl (C=O) groups excluding carboxylic acids is 1. The number of rotatable bonds is 7. The zero-order valence-corrected chi connectivity index (χ0v) is 21.1. The van der Waals surface area contributed by atoms with Crippen molar-refractivity contribution in [1.29, 1.82) is 5.26 Å². The number of likely N-dealkylation sites (tertiary alicyclic amines) is 1. The maximum atomic E-state index is 15.1. The lowest BCUT2D eigenvalue weighted by Gasteiger charge is -2.24. The van der Waals surface area contributed by atoms with Crippen molar-refractivity contribution in [3.8, 4) is 28.8 Å². The number of ether oxygens (including phenoxy) is 1. The van der Waals surface area contributed by atoms with Gasteiger partial charge in [0, 0.05) is 12.1 Å². The van der Waals surface area contributed by atoms with E-state index in [-0.39, 0.29) is 29.1 Å². The van der Waals surface area contributed by atoms with Crippen LogP contribution in [0.3, 0.4) is 0 Å². The number of allylic oxidation sites excluding steroid dienone is 1. The van der Waals surface area contributed by atoms with E-state index in [1.54, 1.807) is 39.9 Å². The number of amides is 1. The van der Waals surface area contributed by atoms with Gasteiger partial charge in [0.25, 0.3) is 5.91 Å². The summed E-state index contributed by atoms with van der Waals surface area (Å²) in [7, 11) is 0. The lowest BCUT2D eigenvalue weighted by atomic mass is 10.1. The van der Waals surface area contributed by atoms with Gasteiger partial charge in [-0.05, 0) is 61.9 Å². The second-order valence-corrected chi connectivity index (χ2v) is 9.87. The van der Waals surface area contributed by atoms with Crippen LogP contribution in [0.2, 0.25) is 0 Å². The van der Waals surface area contributed by atoms with E-state index in [4.69, 9.17) is 15.6 Å². The molecule has 2 N–H and O–H groups in total. The van der Waals surface area contributed by atoms with E-state index in [0.717, 1.165) is 25.7 Å². The van der Waals surface area contributed by atoms with Crippen LogP contribution in [0.5, 0.6) is 11.5 Å². The summed E-state index contributed by atoms with van der Waals surface area (Å²) in [5.41, 5.74) is 7.88. The standard InChI is InChI=1S/C29H26FN7O2/c30-23-14-19(10-11-24(23)39-22-6-2-1-3-7-22)26-25-27(32)33-17-34-28(25)37(35-26)16-21-5-4-12-36(21)29(38)20(15-31)13-18-8-9-18/h1-3,6-7,10-11,13-14,17-18,21H,4-5,8-9,12,16H2,(H2,32,33,34)/b20-13+/t21-/m1/s1. The summed E-state index contributed by atoms with van der Waals surface area (Å²) in [5, 5.41) is 14.9. The molecule has 1 saturated carbocycles. The van der Waals surface area contributed by atoms with Gasteiger partial charge in [0.2, 0.25) is 0 Å². The summed E-state index contributed by atoms with van der Waals surface area (Å²) >= 11 is 0. The number of benzene rings is 2. The zero-order chi connectivity index (χ0) is 26.9. The molecule has 1 aliphatic heterocycles. The third-order valence-electron chi connectivity index (χ3n) is 7.13. The number of hydrogen-bond donors (Lipinski definition) is 1. The maximum Gasteiger partial charge on any atom is 0.264 e. The molecule has 4 aromatic rings. The number of fused-ring (bicyclic) bond motifs is 1. The SMILES string of the molecule is N#C/C(=C\C1CC1)C(=O)N1CCC[C@@H]1Cn1nc(-c2ccc(Oc3ccccc3)c(F)c2)c2c(N)ncnc21. The Balaban J connectivity index is 1.31. The van der Waals surface area contributed by atoms with Crippen LogP contribution < -0.4 is 10.5 Å². The molecule has 39 heavy (non-hydrogen) atoms. The number of nitrogens with two attached hydrogens (primary N) is 1. The van der Waals surface area contributed by atoms with Crippen molar-refractivity contribution in [2.75, 3.05) is 12.3 Å². The Kier molecular flexibility index (Phi) is 6.40. The zero-order valence-electron chi connectivity index (χ0n) is 21.1. The second kappa shape index (κ2) is 10.2. The smallest absolute Gasteiger partial charge is 0.264 e. The van der Waals surface area contributed by atoms with Crippen LogP contribution in [-0.2, 0) is 11.3 Å². The average molecular weight is 524 g/mol. The fraction of sp³-hybridized carbons (Fsp3) is 0.276.